The van der Waals surface area contributed by atoms with E-state index < -0.39 is 0 Å². The Morgan fingerprint density at radius 3 is 2.36 bits per heavy atom. The predicted molar refractivity (Wildman–Crippen MR) is 43.3 cm³/mol. The van der Waals surface area contributed by atoms with Crippen LogP contribution >= 0.6 is 0 Å². The van der Waals surface area contributed by atoms with Gasteiger partial charge in [0, 0.05) is 14.1 Å². The maximum absolute atomic E-state index is 10.9. The van der Waals surface area contributed by atoms with Gasteiger partial charge in [0.05, 0.1) is 5.92 Å². The van der Waals surface area contributed by atoms with Crippen LogP contribution in [0.15, 0.2) is 4.99 Å². The molecule has 0 saturated carbocycles. The van der Waals surface area contributed by atoms with E-state index in [4.69, 9.17) is 4.74 Å². The summed E-state index contributed by atoms with van der Waals surface area (Å²) in [5.41, 5.74) is 0. The molecule has 0 aliphatic heterocycles. The zero-order valence-electron chi connectivity index (χ0n) is 7.34. The number of ether oxygens (including phenoxy) is 1. The molecule has 0 spiro atoms. The fourth-order valence-corrected chi connectivity index (χ4v) is 0.422. The van der Waals surface area contributed by atoms with Gasteiger partial charge in [0.1, 0.15) is 0 Å². The Labute approximate surface area is 66.6 Å². The van der Waals surface area contributed by atoms with E-state index in [9.17, 15) is 4.79 Å². The van der Waals surface area contributed by atoms with E-state index in [0.717, 1.165) is 0 Å². The molecule has 0 aromatic carbocycles. The minimum absolute atomic E-state index is 0.125. The molecule has 0 saturated heterocycles. The van der Waals surface area contributed by atoms with Gasteiger partial charge in [0.2, 0.25) is 0 Å². The van der Waals surface area contributed by atoms with Crippen LogP contribution in [0.2, 0.25) is 0 Å². The third-order valence-corrected chi connectivity index (χ3v) is 1.09. The van der Waals surface area contributed by atoms with Gasteiger partial charge in [-0.05, 0) is 0 Å². The highest BCUT2D eigenvalue weighted by Crippen LogP contribution is 1.95. The topological polar surface area (TPSA) is 50.7 Å². The van der Waals surface area contributed by atoms with E-state index >= 15 is 0 Å². The van der Waals surface area contributed by atoms with E-state index in [0.29, 0.717) is 0 Å². The van der Waals surface area contributed by atoms with Crippen molar-refractivity contribution in [2.75, 3.05) is 14.1 Å². The van der Waals surface area contributed by atoms with E-state index in [1.807, 2.05) is 0 Å². The highest BCUT2D eigenvalue weighted by atomic mass is 16.6. The molecule has 0 unspecified atom stereocenters. The van der Waals surface area contributed by atoms with Crippen molar-refractivity contribution in [3.8, 4) is 0 Å². The molecule has 0 heterocycles. The molecule has 64 valence electrons. The molecule has 4 heteroatoms. The summed E-state index contributed by atoms with van der Waals surface area (Å²) in [5.74, 6) is -0.403. The SMILES string of the molecule is CN=C(NC)OC(=O)C(C)C. The fraction of sp³-hybridized carbons (Fsp3) is 0.714. The van der Waals surface area contributed by atoms with Gasteiger partial charge in [-0.25, -0.2) is 4.99 Å². The van der Waals surface area contributed by atoms with Crippen molar-refractivity contribution < 1.29 is 9.53 Å². The summed E-state index contributed by atoms with van der Waals surface area (Å²) in [7, 11) is 3.20. The summed E-state index contributed by atoms with van der Waals surface area (Å²) in [6, 6.07) is 0.253. The minimum Gasteiger partial charge on any atom is -0.393 e. The number of rotatable bonds is 1. The maximum Gasteiger partial charge on any atom is 0.316 e. The average molecular weight is 158 g/mol. The summed E-state index contributed by atoms with van der Waals surface area (Å²) in [5, 5.41) is 2.64. The lowest BCUT2D eigenvalue weighted by Crippen LogP contribution is -2.27. The van der Waals surface area contributed by atoms with E-state index in [1.165, 1.54) is 0 Å². The Morgan fingerprint density at radius 1 is 1.55 bits per heavy atom. The molecule has 0 bridgehead atoms. The standard InChI is InChI=1S/C7H14N2O2/c1-5(2)6(10)11-7(8-3)9-4/h5H,1-4H3,(H,8,9). The fourth-order valence-electron chi connectivity index (χ4n) is 0.422. The van der Waals surface area contributed by atoms with Crippen molar-refractivity contribution in [2.24, 2.45) is 10.9 Å². The third-order valence-electron chi connectivity index (χ3n) is 1.09. The summed E-state index contributed by atoms with van der Waals surface area (Å²) in [6.07, 6.45) is 0. The Kier molecular flexibility index (Phi) is 4.26. The van der Waals surface area contributed by atoms with Crippen LogP contribution in [-0.4, -0.2) is 26.1 Å². The van der Waals surface area contributed by atoms with Gasteiger partial charge < -0.3 is 10.1 Å². The van der Waals surface area contributed by atoms with Gasteiger partial charge in [-0.15, -0.1) is 0 Å². The summed E-state index contributed by atoms with van der Waals surface area (Å²) < 4.78 is 4.81. The lowest BCUT2D eigenvalue weighted by molar-refractivity contribution is -0.139. The molecule has 11 heavy (non-hydrogen) atoms. The van der Waals surface area contributed by atoms with Crippen LogP contribution in [0.3, 0.4) is 0 Å². The van der Waals surface area contributed by atoms with E-state index in [2.05, 4.69) is 10.3 Å². The number of esters is 1. The van der Waals surface area contributed by atoms with Crippen LogP contribution in [0.25, 0.3) is 0 Å². The summed E-state index contributed by atoms with van der Waals surface area (Å²) in [4.78, 5) is 14.6. The monoisotopic (exact) mass is 158 g/mol. The number of carbonyl (C=O) groups excluding carboxylic acids is 1. The van der Waals surface area contributed by atoms with Gasteiger partial charge in [-0.2, -0.15) is 0 Å². The number of nitrogens with one attached hydrogen (secondary N) is 1. The van der Waals surface area contributed by atoms with Crippen molar-refractivity contribution in [3.63, 3.8) is 0 Å². The number of nitrogens with zero attached hydrogens (tertiary/aromatic N) is 1. The first-order valence-electron chi connectivity index (χ1n) is 3.48. The molecular formula is C7H14N2O2. The first-order valence-corrected chi connectivity index (χ1v) is 3.48. The van der Waals surface area contributed by atoms with Crippen molar-refractivity contribution in [3.05, 3.63) is 0 Å². The molecule has 0 amide bonds. The van der Waals surface area contributed by atoms with Crippen molar-refractivity contribution in [1.29, 1.82) is 0 Å². The van der Waals surface area contributed by atoms with Gasteiger partial charge in [0.15, 0.2) is 0 Å². The zero-order chi connectivity index (χ0) is 8.85. The first kappa shape index (κ1) is 9.94. The molecule has 0 atom stereocenters. The van der Waals surface area contributed by atoms with Gasteiger partial charge in [-0.3, -0.25) is 4.79 Å². The Balaban J connectivity index is 3.93. The number of hydrogen-bond acceptors (Lipinski definition) is 3. The molecule has 0 radical (unpaired) electrons. The highest BCUT2D eigenvalue weighted by Gasteiger charge is 2.10. The van der Waals surface area contributed by atoms with Gasteiger partial charge in [0.25, 0.3) is 6.02 Å². The molecule has 0 aromatic heterocycles. The number of hydrogen-bond donors (Lipinski definition) is 1. The first-order chi connectivity index (χ1) is 5.11. The van der Waals surface area contributed by atoms with E-state index in [1.54, 1.807) is 27.9 Å². The van der Waals surface area contributed by atoms with Gasteiger partial charge in [-0.1, -0.05) is 13.8 Å². The van der Waals surface area contributed by atoms with Crippen LogP contribution in [0, 0.1) is 5.92 Å². The van der Waals surface area contributed by atoms with Crippen molar-refractivity contribution in [1.82, 2.24) is 5.32 Å². The smallest absolute Gasteiger partial charge is 0.316 e. The molecule has 0 aliphatic rings. The largest absolute Gasteiger partial charge is 0.393 e. The second-order valence-corrected chi connectivity index (χ2v) is 2.35. The number of amidine groups is 1. The quantitative estimate of drug-likeness (QED) is 0.341. The second-order valence-electron chi connectivity index (χ2n) is 2.35. The van der Waals surface area contributed by atoms with Gasteiger partial charge >= 0.3 is 5.97 Å². The summed E-state index contributed by atoms with van der Waals surface area (Å²) >= 11 is 0. The van der Waals surface area contributed by atoms with Crippen LogP contribution in [0.1, 0.15) is 13.8 Å². The Morgan fingerprint density at radius 2 is 2.09 bits per heavy atom. The zero-order valence-corrected chi connectivity index (χ0v) is 7.34. The molecule has 4 nitrogen and oxygen atoms in total. The molecule has 0 fully saturated rings. The molecular weight excluding hydrogens is 144 g/mol. The molecule has 0 rings (SSSR count). The Hall–Kier alpha value is -1.06. The normalized spacial score (nSPS) is 11.5. The predicted octanol–water partition coefficient (Wildman–Crippen LogP) is 0.391. The summed E-state index contributed by atoms with van der Waals surface area (Å²) in [6.45, 7) is 3.54. The number of aliphatic imine (C=N–C) groups is 1. The van der Waals surface area contributed by atoms with Crippen LogP contribution < -0.4 is 5.32 Å². The lowest BCUT2D eigenvalue weighted by atomic mass is 10.2. The maximum atomic E-state index is 10.9. The Bertz CT molecular complexity index is 164. The van der Waals surface area contributed by atoms with Crippen molar-refractivity contribution >= 4 is 12.0 Å². The third kappa shape index (κ3) is 3.60. The van der Waals surface area contributed by atoms with Crippen LogP contribution in [0.5, 0.6) is 0 Å². The minimum atomic E-state index is -0.278. The van der Waals surface area contributed by atoms with Crippen molar-refractivity contribution in [2.45, 2.75) is 13.8 Å². The van der Waals surface area contributed by atoms with Crippen LogP contribution in [0.4, 0.5) is 0 Å². The number of carbonyl (C=O) groups is 1. The second kappa shape index (κ2) is 4.71. The van der Waals surface area contributed by atoms with Crippen LogP contribution in [-0.2, 0) is 9.53 Å². The molecule has 1 N–H and O–H groups in total. The average Bonchev–Trinajstić information content (AvgIpc) is 1.99. The highest BCUT2D eigenvalue weighted by molar-refractivity contribution is 5.87. The lowest BCUT2D eigenvalue weighted by Gasteiger charge is -2.06. The molecule has 0 aromatic rings. The molecule has 0 aliphatic carbocycles. The van der Waals surface area contributed by atoms with E-state index in [-0.39, 0.29) is 17.9 Å².